The number of aromatic nitrogens is 3. The average Bonchev–Trinajstić information content (AvgIpc) is 2.76. The largest absolute Gasteiger partial charge is 0.334 e. The van der Waals surface area contributed by atoms with Crippen LogP contribution in [-0.2, 0) is 16.1 Å². The fraction of sp³-hybridized carbons (Fsp3) is 0.238. The van der Waals surface area contributed by atoms with Gasteiger partial charge in [0.15, 0.2) is 0 Å². The molecule has 2 aromatic carbocycles. The summed E-state index contributed by atoms with van der Waals surface area (Å²) in [5.74, 6) is -0.970. The van der Waals surface area contributed by atoms with Crippen LogP contribution in [0.2, 0.25) is 5.02 Å². The van der Waals surface area contributed by atoms with Crippen molar-refractivity contribution in [1.82, 2.24) is 25.6 Å². The molecular formula is C21H18BrClN6O4. The van der Waals surface area contributed by atoms with Crippen LogP contribution in [-0.4, -0.2) is 32.8 Å². The number of piperidine rings is 1. The zero-order chi connectivity index (χ0) is 23.7. The Balaban J connectivity index is 1.51. The fourth-order valence-corrected chi connectivity index (χ4v) is 4.55. The number of nitrogens with zero attached hydrogens (tertiary/aromatic N) is 3. The van der Waals surface area contributed by atoms with E-state index in [1.54, 1.807) is 24.3 Å². The Bertz CT molecular complexity index is 1340. The number of halogens is 2. The van der Waals surface area contributed by atoms with Gasteiger partial charge in [0.2, 0.25) is 5.91 Å². The standard InChI is InChI=1S/C21H18BrClN6O4/c1-10-6-12(22)8-14(23)18(10)26-21(33)24-9-11-2-3-15-13(7-11)20(32)29(28-27-15)16-4-5-17(30)25-19(16)31/h2-3,6-8,16H,4-5,9H2,1H3,(H2,24,26,33)(H,25,30,31). The number of aryl methyl sites for hydroxylation is 1. The molecule has 4 amide bonds. The Labute approximate surface area is 200 Å². The highest BCUT2D eigenvalue weighted by molar-refractivity contribution is 9.10. The Hall–Kier alpha value is -3.31. The van der Waals surface area contributed by atoms with Crippen LogP contribution in [0.1, 0.15) is 30.0 Å². The van der Waals surface area contributed by atoms with E-state index in [1.165, 1.54) is 0 Å². The zero-order valence-electron chi connectivity index (χ0n) is 17.3. The predicted octanol–water partition coefficient (Wildman–Crippen LogP) is 2.82. The molecule has 0 bridgehead atoms. The molecule has 10 nitrogen and oxygen atoms in total. The molecule has 1 aromatic heterocycles. The summed E-state index contributed by atoms with van der Waals surface area (Å²) in [6.45, 7) is 1.96. The van der Waals surface area contributed by atoms with Gasteiger partial charge in [-0.05, 0) is 48.7 Å². The second kappa shape index (κ2) is 9.28. The quantitative estimate of drug-likeness (QED) is 0.442. The predicted molar refractivity (Wildman–Crippen MR) is 125 cm³/mol. The molecule has 0 spiro atoms. The van der Waals surface area contributed by atoms with Gasteiger partial charge in [-0.3, -0.25) is 19.7 Å². The molecule has 4 rings (SSSR count). The Kier molecular flexibility index (Phi) is 6.43. The third-order valence-corrected chi connectivity index (χ3v) is 5.95. The van der Waals surface area contributed by atoms with E-state index in [0.717, 1.165) is 14.7 Å². The highest BCUT2D eigenvalue weighted by atomic mass is 79.9. The minimum absolute atomic E-state index is 0.115. The molecule has 3 aromatic rings. The van der Waals surface area contributed by atoms with Crippen LogP contribution < -0.4 is 21.5 Å². The maximum Gasteiger partial charge on any atom is 0.319 e. The van der Waals surface area contributed by atoms with Crippen LogP contribution in [0.25, 0.3) is 10.9 Å². The number of anilines is 1. The van der Waals surface area contributed by atoms with Crippen molar-refractivity contribution in [3.8, 4) is 0 Å². The number of urea groups is 1. The van der Waals surface area contributed by atoms with E-state index >= 15 is 0 Å². The Morgan fingerprint density at radius 1 is 1.27 bits per heavy atom. The molecule has 1 atom stereocenters. The van der Waals surface area contributed by atoms with E-state index < -0.39 is 23.5 Å². The lowest BCUT2D eigenvalue weighted by Gasteiger charge is -2.21. The van der Waals surface area contributed by atoms with Gasteiger partial charge in [0.25, 0.3) is 11.5 Å². The van der Waals surface area contributed by atoms with Crippen molar-refractivity contribution in [2.75, 3.05) is 5.32 Å². The van der Waals surface area contributed by atoms with Crippen molar-refractivity contribution in [3.63, 3.8) is 0 Å². The molecule has 2 heterocycles. The lowest BCUT2D eigenvalue weighted by Crippen LogP contribution is -2.45. The minimum Gasteiger partial charge on any atom is -0.334 e. The van der Waals surface area contributed by atoms with Crippen LogP contribution in [0.5, 0.6) is 0 Å². The molecule has 1 aliphatic heterocycles. The van der Waals surface area contributed by atoms with Crippen molar-refractivity contribution in [3.05, 3.63) is 61.3 Å². The van der Waals surface area contributed by atoms with Gasteiger partial charge in [0, 0.05) is 17.4 Å². The van der Waals surface area contributed by atoms with Crippen LogP contribution in [0.3, 0.4) is 0 Å². The number of amides is 4. The number of fused-ring (bicyclic) bond motifs is 1. The van der Waals surface area contributed by atoms with Gasteiger partial charge in [0.1, 0.15) is 11.6 Å². The molecular weight excluding hydrogens is 516 g/mol. The van der Waals surface area contributed by atoms with Crippen LogP contribution in [0.15, 0.2) is 39.6 Å². The normalized spacial score (nSPS) is 15.9. The topological polar surface area (TPSA) is 135 Å². The molecule has 1 unspecified atom stereocenters. The summed E-state index contributed by atoms with van der Waals surface area (Å²) in [7, 11) is 0. The van der Waals surface area contributed by atoms with Gasteiger partial charge in [-0.15, -0.1) is 5.10 Å². The van der Waals surface area contributed by atoms with E-state index in [-0.39, 0.29) is 30.7 Å². The number of imide groups is 1. The SMILES string of the molecule is Cc1cc(Br)cc(Cl)c1NC(=O)NCc1ccc2nnn(C3CCC(=O)NC3=O)c(=O)c2c1. The molecule has 1 fully saturated rings. The average molecular weight is 534 g/mol. The van der Waals surface area contributed by atoms with Gasteiger partial charge in [-0.1, -0.05) is 38.8 Å². The van der Waals surface area contributed by atoms with E-state index in [2.05, 4.69) is 42.2 Å². The first-order valence-corrected chi connectivity index (χ1v) is 11.1. The van der Waals surface area contributed by atoms with E-state index in [4.69, 9.17) is 11.6 Å². The maximum absolute atomic E-state index is 13.0. The highest BCUT2D eigenvalue weighted by Gasteiger charge is 2.30. The molecule has 12 heteroatoms. The van der Waals surface area contributed by atoms with Crippen LogP contribution in [0, 0.1) is 6.92 Å². The summed E-state index contributed by atoms with van der Waals surface area (Å²) in [6, 6.07) is 7.07. The summed E-state index contributed by atoms with van der Waals surface area (Å²) < 4.78 is 1.80. The monoisotopic (exact) mass is 532 g/mol. The number of carbonyl (C=O) groups is 3. The Morgan fingerprint density at radius 3 is 2.79 bits per heavy atom. The fourth-order valence-electron chi connectivity index (χ4n) is 3.53. The van der Waals surface area contributed by atoms with Crippen LogP contribution >= 0.6 is 27.5 Å². The number of carbonyl (C=O) groups excluding carboxylic acids is 3. The van der Waals surface area contributed by atoms with E-state index in [0.29, 0.717) is 21.8 Å². The first kappa shape index (κ1) is 22.9. The summed E-state index contributed by atoms with van der Waals surface area (Å²) in [5, 5.41) is 16.2. The highest BCUT2D eigenvalue weighted by Crippen LogP contribution is 2.29. The maximum atomic E-state index is 13.0. The molecule has 3 N–H and O–H groups in total. The van der Waals surface area contributed by atoms with E-state index in [1.807, 2.05) is 13.0 Å². The molecule has 0 saturated carbocycles. The number of rotatable bonds is 4. The van der Waals surface area contributed by atoms with Gasteiger partial charge in [0.05, 0.1) is 16.1 Å². The Morgan fingerprint density at radius 2 is 2.06 bits per heavy atom. The van der Waals surface area contributed by atoms with Crippen molar-refractivity contribution < 1.29 is 14.4 Å². The number of nitrogens with one attached hydrogen (secondary N) is 3. The van der Waals surface area contributed by atoms with Crippen molar-refractivity contribution in [2.45, 2.75) is 32.4 Å². The molecule has 0 aliphatic carbocycles. The van der Waals surface area contributed by atoms with Gasteiger partial charge >= 0.3 is 6.03 Å². The van der Waals surface area contributed by atoms with Crippen molar-refractivity contribution in [1.29, 1.82) is 0 Å². The minimum atomic E-state index is -0.904. The molecule has 1 saturated heterocycles. The first-order valence-electron chi connectivity index (χ1n) is 9.95. The van der Waals surface area contributed by atoms with Gasteiger partial charge in [-0.2, -0.15) is 4.68 Å². The molecule has 1 aliphatic rings. The van der Waals surface area contributed by atoms with E-state index in [9.17, 15) is 19.2 Å². The first-order chi connectivity index (χ1) is 15.7. The molecule has 33 heavy (non-hydrogen) atoms. The van der Waals surface area contributed by atoms with Gasteiger partial charge in [-0.25, -0.2) is 4.79 Å². The third-order valence-electron chi connectivity index (χ3n) is 5.20. The second-order valence-electron chi connectivity index (χ2n) is 7.54. The summed E-state index contributed by atoms with van der Waals surface area (Å²) >= 11 is 9.56. The number of benzene rings is 2. The number of hydrogen-bond acceptors (Lipinski definition) is 6. The lowest BCUT2D eigenvalue weighted by molar-refractivity contribution is -0.136. The summed E-state index contributed by atoms with van der Waals surface area (Å²) in [4.78, 5) is 48.9. The van der Waals surface area contributed by atoms with Crippen LogP contribution in [0.4, 0.5) is 10.5 Å². The third kappa shape index (κ3) is 4.88. The van der Waals surface area contributed by atoms with Gasteiger partial charge < -0.3 is 10.6 Å². The zero-order valence-corrected chi connectivity index (χ0v) is 19.7. The lowest BCUT2D eigenvalue weighted by atomic mass is 10.1. The number of hydrogen-bond donors (Lipinski definition) is 3. The smallest absolute Gasteiger partial charge is 0.319 e. The summed E-state index contributed by atoms with van der Waals surface area (Å²) in [6.07, 6.45) is 0.285. The summed E-state index contributed by atoms with van der Waals surface area (Å²) in [5.41, 5.74) is 1.80. The van der Waals surface area contributed by atoms with Crippen molar-refractivity contribution in [2.24, 2.45) is 0 Å². The second-order valence-corrected chi connectivity index (χ2v) is 8.87. The molecule has 170 valence electrons. The molecule has 0 radical (unpaired) electrons. The van der Waals surface area contributed by atoms with Crippen molar-refractivity contribution >= 4 is 62.0 Å².